The Hall–Kier alpha value is -3.35. The van der Waals surface area contributed by atoms with Crippen molar-refractivity contribution >= 4 is 23.5 Å². The number of hydrogen-bond acceptors (Lipinski definition) is 5. The average Bonchev–Trinajstić information content (AvgIpc) is 3.51. The number of carbonyl (C=O) groups is 3. The second-order valence-electron chi connectivity index (χ2n) is 10.0. The average molecular weight is 477 g/mol. The van der Waals surface area contributed by atoms with Crippen LogP contribution in [0.3, 0.4) is 0 Å². The van der Waals surface area contributed by atoms with Gasteiger partial charge >= 0.3 is 11.9 Å². The van der Waals surface area contributed by atoms with E-state index < -0.39 is 35.5 Å². The number of carbonyl (C=O) groups excluding carboxylic acids is 2. The second-order valence-corrected chi connectivity index (χ2v) is 10.0. The minimum atomic E-state index is -1.68. The molecule has 1 saturated carbocycles. The Labute approximate surface area is 205 Å². The van der Waals surface area contributed by atoms with Crippen molar-refractivity contribution in [1.29, 1.82) is 0 Å². The maximum Gasteiger partial charge on any atom is 0.342 e. The highest BCUT2D eigenvalue weighted by atomic mass is 16.5. The predicted octanol–water partition coefficient (Wildman–Crippen LogP) is 4.33. The fraction of sp³-hybridized carbons (Fsp3) is 0.464. The van der Waals surface area contributed by atoms with E-state index in [9.17, 15) is 19.5 Å². The number of aliphatic carboxylic acids is 1. The number of esters is 1. The van der Waals surface area contributed by atoms with Crippen LogP contribution in [0, 0.1) is 5.92 Å². The molecule has 1 amide bonds. The van der Waals surface area contributed by atoms with Gasteiger partial charge in [-0.2, -0.15) is 0 Å². The third-order valence-corrected chi connectivity index (χ3v) is 7.80. The highest BCUT2D eigenvalue weighted by molar-refractivity contribution is 6.13. The normalized spacial score (nSPS) is 26.1. The van der Waals surface area contributed by atoms with Gasteiger partial charge in [0.15, 0.2) is 0 Å². The molecule has 2 aliphatic heterocycles. The van der Waals surface area contributed by atoms with Crippen molar-refractivity contribution in [2.45, 2.75) is 69.0 Å². The molecule has 0 radical (unpaired) electrons. The molecule has 3 aliphatic rings. The quantitative estimate of drug-likeness (QED) is 0.476. The molecule has 2 N–H and O–H groups in total. The number of fused-ring (bicyclic) bond motifs is 1. The summed E-state index contributed by atoms with van der Waals surface area (Å²) >= 11 is 0. The van der Waals surface area contributed by atoms with E-state index in [2.05, 4.69) is 5.32 Å². The van der Waals surface area contributed by atoms with Crippen LogP contribution in [-0.2, 0) is 25.5 Å². The molecule has 35 heavy (non-hydrogen) atoms. The van der Waals surface area contributed by atoms with E-state index in [1.807, 2.05) is 54.6 Å². The minimum absolute atomic E-state index is 0.135. The molecule has 1 saturated heterocycles. The number of rotatable bonds is 6. The number of carboxylic acids is 1. The molecule has 5 rings (SSSR count). The lowest BCUT2D eigenvalue weighted by molar-refractivity contribution is -0.162. The third-order valence-electron chi connectivity index (χ3n) is 7.80. The lowest BCUT2D eigenvalue weighted by Crippen LogP contribution is -2.61. The van der Waals surface area contributed by atoms with Crippen LogP contribution in [0.15, 0.2) is 54.6 Å². The number of para-hydroxylation sites is 1. The Balaban J connectivity index is 1.48. The Bertz CT molecular complexity index is 1070. The lowest BCUT2D eigenvalue weighted by atomic mass is 9.89. The number of nitrogens with one attached hydrogen (secondary N) is 1. The maximum atomic E-state index is 14.3. The lowest BCUT2D eigenvalue weighted by Gasteiger charge is -2.36. The SMILES string of the molecule is O=C(O)[C@H]1CC[C@@H](c2ccccc2)N1C(=O)[C@@]1(C(=O)OCC2CCCCC2)Cc2ccccc2N1. The van der Waals surface area contributed by atoms with Gasteiger partial charge in [-0.1, -0.05) is 67.8 Å². The molecule has 2 aromatic carbocycles. The van der Waals surface area contributed by atoms with Crippen LogP contribution in [0.2, 0.25) is 0 Å². The van der Waals surface area contributed by atoms with Crippen molar-refractivity contribution in [3.8, 4) is 0 Å². The van der Waals surface area contributed by atoms with Crippen LogP contribution in [0.4, 0.5) is 5.69 Å². The van der Waals surface area contributed by atoms with Gasteiger partial charge in [-0.05, 0) is 48.8 Å². The number of amides is 1. The predicted molar refractivity (Wildman–Crippen MR) is 131 cm³/mol. The molecule has 0 spiro atoms. The highest BCUT2D eigenvalue weighted by Gasteiger charge is 2.57. The molecule has 7 heteroatoms. The van der Waals surface area contributed by atoms with E-state index in [0.29, 0.717) is 24.4 Å². The summed E-state index contributed by atoms with van der Waals surface area (Å²) in [5.74, 6) is -1.90. The van der Waals surface area contributed by atoms with Crippen LogP contribution in [0.25, 0.3) is 0 Å². The third kappa shape index (κ3) is 4.40. The molecule has 1 aliphatic carbocycles. The van der Waals surface area contributed by atoms with Crippen LogP contribution in [0.5, 0.6) is 0 Å². The first-order valence-corrected chi connectivity index (χ1v) is 12.6. The van der Waals surface area contributed by atoms with Gasteiger partial charge in [0.25, 0.3) is 5.91 Å². The van der Waals surface area contributed by atoms with Crippen LogP contribution in [-0.4, -0.2) is 46.0 Å². The molecule has 0 aromatic heterocycles. The first kappa shape index (κ1) is 23.4. The van der Waals surface area contributed by atoms with Gasteiger partial charge in [-0.15, -0.1) is 0 Å². The molecular formula is C28H32N2O5. The number of carboxylic acid groups (broad SMARTS) is 1. The fourth-order valence-corrected chi connectivity index (χ4v) is 5.93. The molecule has 2 heterocycles. The summed E-state index contributed by atoms with van der Waals surface area (Å²) in [6, 6.07) is 15.5. The van der Waals surface area contributed by atoms with E-state index >= 15 is 0 Å². The number of anilines is 1. The van der Waals surface area contributed by atoms with Crippen LogP contribution in [0.1, 0.15) is 62.1 Å². The van der Waals surface area contributed by atoms with Crippen LogP contribution >= 0.6 is 0 Å². The summed E-state index contributed by atoms with van der Waals surface area (Å²) < 4.78 is 5.82. The largest absolute Gasteiger partial charge is 0.480 e. The monoisotopic (exact) mass is 476 g/mol. The van der Waals surface area contributed by atoms with Gasteiger partial charge < -0.3 is 20.1 Å². The van der Waals surface area contributed by atoms with E-state index in [4.69, 9.17) is 4.74 Å². The zero-order valence-corrected chi connectivity index (χ0v) is 19.8. The number of ether oxygens (including phenoxy) is 1. The Morgan fingerprint density at radius 2 is 1.66 bits per heavy atom. The van der Waals surface area contributed by atoms with Gasteiger partial charge in [-0.25, -0.2) is 9.59 Å². The summed E-state index contributed by atoms with van der Waals surface area (Å²) in [6.07, 6.45) is 6.49. The van der Waals surface area contributed by atoms with Crippen LogP contribution < -0.4 is 5.32 Å². The van der Waals surface area contributed by atoms with Gasteiger partial charge in [0.1, 0.15) is 6.04 Å². The molecule has 3 atom stereocenters. The topological polar surface area (TPSA) is 95.9 Å². The number of nitrogens with zero attached hydrogens (tertiary/aromatic N) is 1. The summed E-state index contributed by atoms with van der Waals surface area (Å²) in [5.41, 5.74) is 0.741. The summed E-state index contributed by atoms with van der Waals surface area (Å²) in [4.78, 5) is 41.7. The van der Waals surface area contributed by atoms with Crippen molar-refractivity contribution in [1.82, 2.24) is 4.90 Å². The van der Waals surface area contributed by atoms with Crippen molar-refractivity contribution in [3.05, 3.63) is 65.7 Å². The zero-order valence-electron chi connectivity index (χ0n) is 19.8. The van der Waals surface area contributed by atoms with E-state index in [-0.39, 0.29) is 13.0 Å². The maximum absolute atomic E-state index is 14.3. The molecule has 0 bridgehead atoms. The number of likely N-dealkylation sites (tertiary alicyclic amines) is 1. The Morgan fingerprint density at radius 1 is 0.943 bits per heavy atom. The van der Waals surface area contributed by atoms with E-state index in [0.717, 1.165) is 36.8 Å². The Kier molecular flexibility index (Phi) is 6.50. The van der Waals surface area contributed by atoms with Gasteiger partial charge in [0.2, 0.25) is 5.54 Å². The standard InChI is InChI=1S/C28H32N2O5/c31-25(32)24-16-15-23(20-11-5-2-6-12-20)30(24)26(33)28(17-21-13-7-8-14-22(21)29-28)27(34)35-18-19-9-3-1-4-10-19/h2,5-8,11-14,19,23-24,29H,1,3-4,9-10,15-18H2,(H,31,32)/t23-,24+,28+/m0/s1. The van der Waals surface area contributed by atoms with Crippen molar-refractivity contribution in [2.75, 3.05) is 11.9 Å². The smallest absolute Gasteiger partial charge is 0.342 e. The van der Waals surface area contributed by atoms with Crippen molar-refractivity contribution in [3.63, 3.8) is 0 Å². The first-order chi connectivity index (χ1) is 17.0. The van der Waals surface area contributed by atoms with Gasteiger partial charge in [0, 0.05) is 12.1 Å². The molecule has 2 fully saturated rings. The second kappa shape index (κ2) is 9.72. The summed E-state index contributed by atoms with van der Waals surface area (Å²) in [7, 11) is 0. The first-order valence-electron chi connectivity index (χ1n) is 12.6. The molecule has 2 aromatic rings. The van der Waals surface area contributed by atoms with E-state index in [1.54, 1.807) is 0 Å². The van der Waals surface area contributed by atoms with Gasteiger partial charge in [-0.3, -0.25) is 4.79 Å². The van der Waals surface area contributed by atoms with Crippen molar-refractivity contribution < 1.29 is 24.2 Å². The summed E-state index contributed by atoms with van der Waals surface area (Å²) in [6.45, 7) is 0.288. The van der Waals surface area contributed by atoms with E-state index in [1.165, 1.54) is 11.3 Å². The van der Waals surface area contributed by atoms with Gasteiger partial charge in [0.05, 0.1) is 12.6 Å². The summed E-state index contributed by atoms with van der Waals surface area (Å²) in [5, 5.41) is 13.2. The number of hydrogen-bond donors (Lipinski definition) is 2. The highest BCUT2D eigenvalue weighted by Crippen LogP contribution is 2.42. The zero-order chi connectivity index (χ0) is 24.4. The fourth-order valence-electron chi connectivity index (χ4n) is 5.93. The molecular weight excluding hydrogens is 444 g/mol. The molecule has 7 nitrogen and oxygen atoms in total. The van der Waals surface area contributed by atoms with Crippen molar-refractivity contribution in [2.24, 2.45) is 5.92 Å². The minimum Gasteiger partial charge on any atom is -0.480 e. The molecule has 184 valence electrons. The molecule has 0 unspecified atom stereocenters. The number of benzene rings is 2. The Morgan fingerprint density at radius 3 is 2.37 bits per heavy atom.